The zero-order chi connectivity index (χ0) is 21.4. The number of aromatic nitrogens is 3. The van der Waals surface area contributed by atoms with Gasteiger partial charge in [-0.3, -0.25) is 4.79 Å². The highest BCUT2D eigenvalue weighted by Crippen LogP contribution is 2.40. The first kappa shape index (κ1) is 20.1. The van der Waals surface area contributed by atoms with E-state index < -0.39 is 0 Å². The Bertz CT molecular complexity index is 1070. The first-order valence-electron chi connectivity index (χ1n) is 10.9. The Morgan fingerprint density at radius 2 is 1.84 bits per heavy atom. The number of hydrogen-bond donors (Lipinski definition) is 1. The van der Waals surface area contributed by atoms with Crippen LogP contribution in [-0.4, -0.2) is 43.5 Å². The van der Waals surface area contributed by atoms with Gasteiger partial charge in [0.25, 0.3) is 0 Å². The van der Waals surface area contributed by atoms with Crippen molar-refractivity contribution in [3.05, 3.63) is 65.7 Å². The van der Waals surface area contributed by atoms with Gasteiger partial charge in [-0.25, -0.2) is 4.68 Å². The highest BCUT2D eigenvalue weighted by molar-refractivity contribution is 8.00. The minimum Gasteiger partial charge on any atom is -0.339 e. The molecule has 0 radical (unpaired) electrons. The number of likely N-dealkylation sites (tertiary alicyclic amines) is 1. The Labute approximate surface area is 187 Å². The second-order valence-corrected chi connectivity index (χ2v) is 9.55. The normalized spacial score (nSPS) is 23.2. The SMILES string of the molecule is Cc1ccc([C@@H]2Nn3c(nnc3-c3ccccc3)S[C@@H]2C(=O)N2CCCC[C@@H]2C)cc1. The molecule has 2 aliphatic heterocycles. The molecule has 0 unspecified atom stereocenters. The quantitative estimate of drug-likeness (QED) is 0.663. The number of amides is 1. The lowest BCUT2D eigenvalue weighted by atomic mass is 9.99. The second-order valence-electron chi connectivity index (χ2n) is 8.44. The van der Waals surface area contributed by atoms with Crippen LogP contribution in [-0.2, 0) is 4.79 Å². The largest absolute Gasteiger partial charge is 0.339 e. The number of aryl methyl sites for hydroxylation is 1. The third kappa shape index (κ3) is 3.83. The molecule has 0 saturated carbocycles. The van der Waals surface area contributed by atoms with E-state index in [1.165, 1.54) is 23.7 Å². The number of fused-ring (bicyclic) bond motifs is 1. The molecule has 0 spiro atoms. The summed E-state index contributed by atoms with van der Waals surface area (Å²) < 4.78 is 1.94. The lowest BCUT2D eigenvalue weighted by molar-refractivity contribution is -0.134. The zero-order valence-electron chi connectivity index (χ0n) is 17.9. The fourth-order valence-corrected chi connectivity index (χ4v) is 5.58. The molecule has 7 heteroatoms. The summed E-state index contributed by atoms with van der Waals surface area (Å²) in [7, 11) is 0. The molecule has 160 valence electrons. The standard InChI is InChI=1S/C24H27N5OS/c1-16-11-13-18(14-12-16)20-21(23(30)28-15-7-6-8-17(28)2)31-24-26-25-22(29(24)27-20)19-9-4-3-5-10-19/h3-5,9-14,17,20-21,27H,6-8,15H2,1-2H3/t17-,20-,21-/m0/s1. The summed E-state index contributed by atoms with van der Waals surface area (Å²) in [4.78, 5) is 15.8. The average Bonchev–Trinajstić information content (AvgIpc) is 3.22. The van der Waals surface area contributed by atoms with E-state index in [1.807, 2.05) is 35.0 Å². The van der Waals surface area contributed by atoms with Gasteiger partial charge in [0.2, 0.25) is 11.1 Å². The summed E-state index contributed by atoms with van der Waals surface area (Å²) in [5.74, 6) is 0.947. The molecule has 1 fully saturated rings. The van der Waals surface area contributed by atoms with Gasteiger partial charge in [0.05, 0.1) is 6.04 Å². The van der Waals surface area contributed by atoms with Crippen LogP contribution in [0.1, 0.15) is 43.4 Å². The lowest BCUT2D eigenvalue weighted by Gasteiger charge is -2.39. The topological polar surface area (TPSA) is 63.1 Å². The van der Waals surface area contributed by atoms with E-state index in [-0.39, 0.29) is 23.2 Å². The first-order chi connectivity index (χ1) is 15.1. The number of carbonyl (C=O) groups is 1. The molecule has 1 amide bonds. The molecule has 6 nitrogen and oxygen atoms in total. The van der Waals surface area contributed by atoms with Crippen LogP contribution in [0.25, 0.3) is 11.4 Å². The summed E-state index contributed by atoms with van der Waals surface area (Å²) in [5.41, 5.74) is 6.88. The van der Waals surface area contributed by atoms with E-state index in [1.54, 1.807) is 0 Å². The average molecular weight is 434 g/mol. The van der Waals surface area contributed by atoms with Crippen LogP contribution in [0.15, 0.2) is 59.8 Å². The van der Waals surface area contributed by atoms with Gasteiger partial charge in [0.1, 0.15) is 5.25 Å². The Kier molecular flexibility index (Phi) is 5.44. The molecule has 1 aromatic heterocycles. The van der Waals surface area contributed by atoms with Gasteiger partial charge in [0.15, 0.2) is 5.82 Å². The van der Waals surface area contributed by atoms with Crippen molar-refractivity contribution in [3.63, 3.8) is 0 Å². The van der Waals surface area contributed by atoms with Gasteiger partial charge in [-0.15, -0.1) is 10.2 Å². The monoisotopic (exact) mass is 433 g/mol. The predicted octanol–water partition coefficient (Wildman–Crippen LogP) is 4.41. The molecule has 3 atom stereocenters. The molecule has 0 aliphatic carbocycles. The van der Waals surface area contributed by atoms with Crippen molar-refractivity contribution in [2.45, 2.75) is 55.6 Å². The fourth-order valence-electron chi connectivity index (χ4n) is 4.43. The van der Waals surface area contributed by atoms with Crippen molar-refractivity contribution in [2.24, 2.45) is 0 Å². The Morgan fingerprint density at radius 1 is 1.06 bits per heavy atom. The molecule has 2 aromatic carbocycles. The number of thioether (sulfide) groups is 1. The van der Waals surface area contributed by atoms with E-state index >= 15 is 0 Å². The van der Waals surface area contributed by atoms with Gasteiger partial charge in [-0.05, 0) is 38.7 Å². The number of hydrogen-bond acceptors (Lipinski definition) is 5. The molecular weight excluding hydrogens is 406 g/mol. The van der Waals surface area contributed by atoms with E-state index in [9.17, 15) is 4.79 Å². The lowest BCUT2D eigenvalue weighted by Crippen LogP contribution is -2.50. The maximum absolute atomic E-state index is 13.7. The molecule has 0 bridgehead atoms. The molecule has 3 heterocycles. The molecular formula is C24H27N5OS. The zero-order valence-corrected chi connectivity index (χ0v) is 18.7. The van der Waals surface area contributed by atoms with E-state index in [0.29, 0.717) is 0 Å². The number of nitrogens with one attached hydrogen (secondary N) is 1. The summed E-state index contributed by atoms with van der Waals surface area (Å²) in [6, 6.07) is 18.6. The molecule has 1 N–H and O–H groups in total. The molecule has 2 aliphatic rings. The van der Waals surface area contributed by atoms with Gasteiger partial charge < -0.3 is 10.3 Å². The molecule has 31 heavy (non-hydrogen) atoms. The highest BCUT2D eigenvalue weighted by Gasteiger charge is 2.41. The fraction of sp³-hybridized carbons (Fsp3) is 0.375. The minimum absolute atomic E-state index is 0.168. The summed E-state index contributed by atoms with van der Waals surface area (Å²) in [5, 5.41) is 9.29. The third-order valence-corrected chi connectivity index (χ3v) is 7.44. The van der Waals surface area contributed by atoms with Gasteiger partial charge >= 0.3 is 0 Å². The van der Waals surface area contributed by atoms with Gasteiger partial charge in [-0.2, -0.15) is 0 Å². The number of piperidine rings is 1. The Hall–Kier alpha value is -2.80. The van der Waals surface area contributed by atoms with Crippen LogP contribution >= 0.6 is 11.8 Å². The van der Waals surface area contributed by atoms with Crippen molar-refractivity contribution < 1.29 is 4.79 Å². The van der Waals surface area contributed by atoms with E-state index in [0.717, 1.165) is 41.5 Å². The van der Waals surface area contributed by atoms with Crippen molar-refractivity contribution in [3.8, 4) is 11.4 Å². The Balaban J connectivity index is 1.53. The maximum atomic E-state index is 13.7. The molecule has 5 rings (SSSR count). The number of rotatable bonds is 3. The predicted molar refractivity (Wildman–Crippen MR) is 123 cm³/mol. The van der Waals surface area contributed by atoms with E-state index in [2.05, 4.69) is 58.6 Å². The summed E-state index contributed by atoms with van der Waals surface area (Å²) in [6.45, 7) is 5.07. The van der Waals surface area contributed by atoms with Crippen molar-refractivity contribution in [1.82, 2.24) is 19.8 Å². The van der Waals surface area contributed by atoms with E-state index in [4.69, 9.17) is 0 Å². The second kappa shape index (κ2) is 8.38. The van der Waals surface area contributed by atoms with Crippen LogP contribution in [0, 0.1) is 6.92 Å². The minimum atomic E-state index is -0.288. The number of carbonyl (C=O) groups excluding carboxylic acids is 1. The summed E-state index contributed by atoms with van der Waals surface area (Å²) >= 11 is 1.52. The van der Waals surface area contributed by atoms with Crippen LogP contribution in [0.3, 0.4) is 0 Å². The maximum Gasteiger partial charge on any atom is 0.238 e. The van der Waals surface area contributed by atoms with Gasteiger partial charge in [-0.1, -0.05) is 71.9 Å². The van der Waals surface area contributed by atoms with Crippen LogP contribution in [0.2, 0.25) is 0 Å². The van der Waals surface area contributed by atoms with Crippen LogP contribution < -0.4 is 5.43 Å². The first-order valence-corrected chi connectivity index (χ1v) is 11.8. The van der Waals surface area contributed by atoms with Crippen molar-refractivity contribution in [2.75, 3.05) is 12.0 Å². The number of benzene rings is 2. The number of nitrogens with zero attached hydrogens (tertiary/aromatic N) is 4. The van der Waals surface area contributed by atoms with Crippen LogP contribution in [0.4, 0.5) is 0 Å². The molecule has 1 saturated heterocycles. The van der Waals surface area contributed by atoms with Crippen LogP contribution in [0.5, 0.6) is 0 Å². The Morgan fingerprint density at radius 3 is 2.58 bits per heavy atom. The summed E-state index contributed by atoms with van der Waals surface area (Å²) in [6.07, 6.45) is 3.34. The molecule has 3 aromatic rings. The third-order valence-electron chi connectivity index (χ3n) is 6.23. The van der Waals surface area contributed by atoms with Gasteiger partial charge in [0, 0.05) is 18.2 Å². The highest BCUT2D eigenvalue weighted by atomic mass is 32.2. The van der Waals surface area contributed by atoms with Crippen molar-refractivity contribution in [1.29, 1.82) is 0 Å². The van der Waals surface area contributed by atoms with Crippen molar-refractivity contribution >= 4 is 17.7 Å². The smallest absolute Gasteiger partial charge is 0.238 e.